The molecule has 0 aliphatic carbocycles. The van der Waals surface area contributed by atoms with Crippen molar-refractivity contribution in [1.82, 2.24) is 9.78 Å². The van der Waals surface area contributed by atoms with Gasteiger partial charge >= 0.3 is 4.87 Å². The molecule has 0 bridgehead atoms. The lowest BCUT2D eigenvalue weighted by Crippen LogP contribution is -2.11. The van der Waals surface area contributed by atoms with Crippen LogP contribution in [0.4, 0.5) is 0 Å². The smallest absolute Gasteiger partial charge is 0.333 e. The molecule has 0 N–H and O–H groups in total. The van der Waals surface area contributed by atoms with Crippen molar-refractivity contribution in [3.05, 3.63) is 40.0 Å². The van der Waals surface area contributed by atoms with Crippen molar-refractivity contribution < 1.29 is 4.74 Å². The molecule has 72 valence electrons. The highest BCUT2D eigenvalue weighted by molar-refractivity contribution is 7.10. The zero-order valence-electron chi connectivity index (χ0n) is 7.51. The number of nitrogens with zero attached hydrogens (tertiary/aromatic N) is 2. The number of para-hydroxylation sites is 1. The predicted octanol–water partition coefficient (Wildman–Crippen LogP) is 1.30. The van der Waals surface area contributed by atoms with E-state index in [1.54, 1.807) is 0 Å². The zero-order chi connectivity index (χ0) is 9.97. The Hall–Kier alpha value is -1.62. The van der Waals surface area contributed by atoms with Crippen molar-refractivity contribution in [1.29, 1.82) is 0 Å². The number of hydrogen-bond donors (Lipinski definition) is 0. The Morgan fingerprint density at radius 3 is 2.64 bits per heavy atom. The minimum atomic E-state index is -0.145. The molecule has 0 aliphatic heterocycles. The van der Waals surface area contributed by atoms with Gasteiger partial charge in [-0.1, -0.05) is 18.2 Å². The van der Waals surface area contributed by atoms with Gasteiger partial charge in [-0.25, -0.2) is 0 Å². The van der Waals surface area contributed by atoms with E-state index < -0.39 is 0 Å². The van der Waals surface area contributed by atoms with Gasteiger partial charge in [-0.2, -0.15) is 4.68 Å². The summed E-state index contributed by atoms with van der Waals surface area (Å²) in [6, 6.07) is 9.24. The van der Waals surface area contributed by atoms with Crippen molar-refractivity contribution >= 4 is 11.3 Å². The monoisotopic (exact) mass is 208 g/mol. The summed E-state index contributed by atoms with van der Waals surface area (Å²) in [4.78, 5) is 11.3. The summed E-state index contributed by atoms with van der Waals surface area (Å²) in [7, 11) is 1.49. The molecule has 4 nitrogen and oxygen atoms in total. The molecule has 0 radical (unpaired) electrons. The standard InChI is InChI=1S/C9H8N2O2S/c1-13-8-10-11(9(12)14-8)7-5-3-2-4-6-7/h2-6H,1H3. The molecule has 0 atom stereocenters. The first-order chi connectivity index (χ1) is 6.81. The summed E-state index contributed by atoms with van der Waals surface area (Å²) in [5.74, 6) is 0. The zero-order valence-corrected chi connectivity index (χ0v) is 8.32. The maximum Gasteiger partial charge on any atom is 0.333 e. The molecule has 2 rings (SSSR count). The molecule has 14 heavy (non-hydrogen) atoms. The van der Waals surface area contributed by atoms with E-state index in [0.29, 0.717) is 5.19 Å². The van der Waals surface area contributed by atoms with Crippen molar-refractivity contribution in [2.45, 2.75) is 0 Å². The van der Waals surface area contributed by atoms with Gasteiger partial charge in [0.2, 0.25) is 0 Å². The lowest BCUT2D eigenvalue weighted by Gasteiger charge is -1.96. The van der Waals surface area contributed by atoms with E-state index >= 15 is 0 Å². The second kappa shape index (κ2) is 3.63. The maximum absolute atomic E-state index is 11.4. The Balaban J connectivity index is 2.52. The van der Waals surface area contributed by atoms with E-state index in [1.807, 2.05) is 30.3 Å². The van der Waals surface area contributed by atoms with Crippen LogP contribution >= 0.6 is 11.3 Å². The summed E-state index contributed by atoms with van der Waals surface area (Å²) >= 11 is 0.983. The Labute approximate surface area is 84.4 Å². The van der Waals surface area contributed by atoms with Crippen LogP contribution in [0.3, 0.4) is 0 Å². The summed E-state index contributed by atoms with van der Waals surface area (Å²) < 4.78 is 6.21. The number of ether oxygens (including phenoxy) is 1. The lowest BCUT2D eigenvalue weighted by molar-refractivity contribution is 0.404. The average molecular weight is 208 g/mol. The van der Waals surface area contributed by atoms with Gasteiger partial charge in [-0.3, -0.25) is 4.79 Å². The fourth-order valence-corrected chi connectivity index (χ4v) is 1.66. The van der Waals surface area contributed by atoms with Crippen molar-refractivity contribution in [2.24, 2.45) is 0 Å². The van der Waals surface area contributed by atoms with Crippen LogP contribution in [0.15, 0.2) is 35.1 Å². The second-order valence-electron chi connectivity index (χ2n) is 2.59. The highest BCUT2D eigenvalue weighted by Crippen LogP contribution is 2.11. The highest BCUT2D eigenvalue weighted by Gasteiger charge is 2.06. The minimum Gasteiger partial charge on any atom is -0.472 e. The Morgan fingerprint density at radius 2 is 2.07 bits per heavy atom. The molecule has 0 fully saturated rings. The quantitative estimate of drug-likeness (QED) is 0.747. The number of benzene rings is 1. The fourth-order valence-electron chi connectivity index (χ4n) is 1.08. The van der Waals surface area contributed by atoms with E-state index in [0.717, 1.165) is 17.0 Å². The lowest BCUT2D eigenvalue weighted by atomic mass is 10.3. The molecular weight excluding hydrogens is 200 g/mol. The van der Waals surface area contributed by atoms with Crippen LogP contribution in [-0.4, -0.2) is 16.9 Å². The molecule has 5 heteroatoms. The molecule has 0 amide bonds. The van der Waals surface area contributed by atoms with Gasteiger partial charge in [-0.15, -0.1) is 5.10 Å². The number of rotatable bonds is 2. The predicted molar refractivity (Wildman–Crippen MR) is 54.3 cm³/mol. The first-order valence-corrected chi connectivity index (χ1v) is 4.82. The number of hydrogen-bond acceptors (Lipinski definition) is 4. The van der Waals surface area contributed by atoms with Crippen LogP contribution in [0, 0.1) is 0 Å². The van der Waals surface area contributed by atoms with Crippen molar-refractivity contribution in [2.75, 3.05) is 7.11 Å². The third-order valence-corrected chi connectivity index (χ3v) is 2.48. The minimum absolute atomic E-state index is 0.145. The van der Waals surface area contributed by atoms with E-state index in [9.17, 15) is 4.79 Å². The topological polar surface area (TPSA) is 44.1 Å². The first-order valence-electron chi connectivity index (χ1n) is 4.01. The maximum atomic E-state index is 11.4. The molecule has 0 aliphatic rings. The van der Waals surface area contributed by atoms with Crippen LogP contribution in [0.1, 0.15) is 0 Å². The van der Waals surface area contributed by atoms with Gasteiger partial charge in [-0.05, 0) is 23.5 Å². The van der Waals surface area contributed by atoms with E-state index in [1.165, 1.54) is 11.8 Å². The molecule has 0 saturated heterocycles. The highest BCUT2D eigenvalue weighted by atomic mass is 32.1. The third kappa shape index (κ3) is 1.54. The second-order valence-corrected chi connectivity index (χ2v) is 3.49. The molecule has 0 saturated carbocycles. The largest absolute Gasteiger partial charge is 0.472 e. The Morgan fingerprint density at radius 1 is 1.36 bits per heavy atom. The molecule has 0 unspecified atom stereocenters. The van der Waals surface area contributed by atoms with Gasteiger partial charge in [0.25, 0.3) is 5.19 Å². The normalized spacial score (nSPS) is 10.1. The molecular formula is C9H8N2O2S. The molecule has 1 aromatic heterocycles. The fraction of sp³-hybridized carbons (Fsp3) is 0.111. The van der Waals surface area contributed by atoms with Gasteiger partial charge in [0.15, 0.2) is 0 Å². The molecule has 1 heterocycles. The Bertz CT molecular complexity index is 475. The van der Waals surface area contributed by atoms with Gasteiger partial charge in [0.1, 0.15) is 0 Å². The van der Waals surface area contributed by atoms with Crippen molar-refractivity contribution in [3.63, 3.8) is 0 Å². The summed E-state index contributed by atoms with van der Waals surface area (Å²) in [5, 5.41) is 4.37. The van der Waals surface area contributed by atoms with Crippen LogP contribution in [0.25, 0.3) is 5.69 Å². The summed E-state index contributed by atoms with van der Waals surface area (Å²) in [5.41, 5.74) is 0.747. The van der Waals surface area contributed by atoms with E-state index in [2.05, 4.69) is 5.10 Å². The number of aromatic nitrogens is 2. The third-order valence-electron chi connectivity index (χ3n) is 1.70. The Kier molecular flexibility index (Phi) is 2.32. The van der Waals surface area contributed by atoms with E-state index in [-0.39, 0.29) is 4.87 Å². The SMILES string of the molecule is COc1nn(-c2ccccc2)c(=O)s1. The summed E-state index contributed by atoms with van der Waals surface area (Å²) in [6.45, 7) is 0. The van der Waals surface area contributed by atoms with Crippen LogP contribution in [0.5, 0.6) is 5.19 Å². The van der Waals surface area contributed by atoms with Crippen LogP contribution in [-0.2, 0) is 0 Å². The van der Waals surface area contributed by atoms with Gasteiger partial charge < -0.3 is 4.74 Å². The average Bonchev–Trinajstić information content (AvgIpc) is 2.61. The molecule has 1 aromatic carbocycles. The molecule has 2 aromatic rings. The molecule has 0 spiro atoms. The first kappa shape index (κ1) is 8.96. The number of methoxy groups -OCH3 is 1. The van der Waals surface area contributed by atoms with Gasteiger partial charge in [0.05, 0.1) is 12.8 Å². The van der Waals surface area contributed by atoms with Gasteiger partial charge in [0, 0.05) is 0 Å². The van der Waals surface area contributed by atoms with Crippen LogP contribution < -0.4 is 9.61 Å². The van der Waals surface area contributed by atoms with Crippen LogP contribution in [0.2, 0.25) is 0 Å². The summed E-state index contributed by atoms with van der Waals surface area (Å²) in [6.07, 6.45) is 0. The van der Waals surface area contributed by atoms with Crippen molar-refractivity contribution in [3.8, 4) is 10.9 Å². The van der Waals surface area contributed by atoms with E-state index in [4.69, 9.17) is 4.74 Å².